The molecule has 1 heterocycles. The predicted molar refractivity (Wildman–Crippen MR) is 103 cm³/mol. The Balaban J connectivity index is 1.90. The molecule has 10 nitrogen and oxygen atoms in total. The van der Waals surface area contributed by atoms with E-state index in [9.17, 15) is 36.5 Å². The second-order valence-electron chi connectivity index (χ2n) is 6.18. The number of pyridine rings is 1. The zero-order valence-corrected chi connectivity index (χ0v) is 16.8. The Bertz CT molecular complexity index is 1060. The highest BCUT2D eigenvalue weighted by molar-refractivity contribution is 7.90. The van der Waals surface area contributed by atoms with Crippen LogP contribution in [0.2, 0.25) is 0 Å². The molecule has 2 N–H and O–H groups in total. The van der Waals surface area contributed by atoms with E-state index >= 15 is 0 Å². The number of anilines is 1. The topological polar surface area (TPSA) is 141 Å². The van der Waals surface area contributed by atoms with Gasteiger partial charge in [-0.15, -0.1) is 0 Å². The number of carbonyl (C=O) groups excluding carboxylic acids is 1. The molecule has 0 saturated carbocycles. The zero-order chi connectivity index (χ0) is 23.2. The predicted octanol–water partition coefficient (Wildman–Crippen LogP) is 2.18. The number of amides is 1. The lowest BCUT2D eigenvalue weighted by Gasteiger charge is -2.10. The number of rotatable bonds is 9. The summed E-state index contributed by atoms with van der Waals surface area (Å²) < 4.78 is 63.8. The molecular formula is C17H17F3N4O6S. The van der Waals surface area contributed by atoms with Crippen molar-refractivity contribution in [2.45, 2.75) is 11.1 Å². The molecule has 31 heavy (non-hydrogen) atoms. The minimum absolute atomic E-state index is 0.0378. The van der Waals surface area contributed by atoms with Crippen molar-refractivity contribution in [1.29, 1.82) is 0 Å². The number of nitro groups is 1. The van der Waals surface area contributed by atoms with Crippen LogP contribution in [0.25, 0.3) is 0 Å². The Hall–Kier alpha value is -3.42. The van der Waals surface area contributed by atoms with Crippen LogP contribution in [-0.4, -0.2) is 56.4 Å². The number of hydrogen-bond acceptors (Lipinski definition) is 8. The van der Waals surface area contributed by atoms with Gasteiger partial charge >= 0.3 is 6.18 Å². The number of benzene rings is 1. The first-order valence-corrected chi connectivity index (χ1v) is 10.4. The SMILES string of the molecule is CS(=O)(=O)c1ccc(NCCNC(=O)c2ccc(OCC(F)(F)F)nc2)c([N+](=O)[O-])c1. The van der Waals surface area contributed by atoms with Gasteiger partial charge in [0.25, 0.3) is 11.6 Å². The van der Waals surface area contributed by atoms with Gasteiger partial charge in [-0.05, 0) is 18.2 Å². The van der Waals surface area contributed by atoms with Crippen LogP contribution in [-0.2, 0) is 9.84 Å². The van der Waals surface area contributed by atoms with Crippen molar-refractivity contribution in [3.05, 3.63) is 52.2 Å². The number of sulfone groups is 1. The molecule has 1 aromatic carbocycles. The summed E-state index contributed by atoms with van der Waals surface area (Å²) in [5, 5.41) is 16.4. The number of alkyl halides is 3. The average molecular weight is 462 g/mol. The van der Waals surface area contributed by atoms with Crippen molar-refractivity contribution in [3.8, 4) is 5.88 Å². The number of halogens is 3. The van der Waals surface area contributed by atoms with Gasteiger partial charge in [0.15, 0.2) is 16.4 Å². The molecule has 0 fully saturated rings. The first kappa shape index (κ1) is 23.9. The largest absolute Gasteiger partial charge is 0.468 e. The van der Waals surface area contributed by atoms with Crippen LogP contribution in [0.15, 0.2) is 41.4 Å². The van der Waals surface area contributed by atoms with Crippen LogP contribution in [0.1, 0.15) is 10.4 Å². The van der Waals surface area contributed by atoms with Crippen molar-refractivity contribution < 1.29 is 36.0 Å². The van der Waals surface area contributed by atoms with E-state index in [1.807, 2.05) is 0 Å². The molecule has 0 spiro atoms. The summed E-state index contributed by atoms with van der Waals surface area (Å²) in [4.78, 5) is 25.9. The van der Waals surface area contributed by atoms with Gasteiger partial charge < -0.3 is 15.4 Å². The molecule has 2 aromatic rings. The maximum absolute atomic E-state index is 12.1. The van der Waals surface area contributed by atoms with E-state index in [-0.39, 0.29) is 35.1 Å². The maximum Gasteiger partial charge on any atom is 0.422 e. The summed E-state index contributed by atoms with van der Waals surface area (Å²) in [6, 6.07) is 5.75. The van der Waals surface area contributed by atoms with E-state index in [2.05, 4.69) is 20.4 Å². The lowest BCUT2D eigenvalue weighted by atomic mass is 10.2. The number of carbonyl (C=O) groups is 1. The Morgan fingerprint density at radius 3 is 2.48 bits per heavy atom. The third kappa shape index (κ3) is 7.40. The molecule has 0 saturated heterocycles. The van der Waals surface area contributed by atoms with Crippen molar-refractivity contribution >= 4 is 27.1 Å². The fraction of sp³-hybridized carbons (Fsp3) is 0.294. The van der Waals surface area contributed by atoms with Crippen LogP contribution in [0.5, 0.6) is 5.88 Å². The molecule has 0 unspecified atom stereocenters. The Morgan fingerprint density at radius 1 is 1.23 bits per heavy atom. The van der Waals surface area contributed by atoms with Crippen LogP contribution < -0.4 is 15.4 Å². The van der Waals surface area contributed by atoms with Gasteiger partial charge in [0.05, 0.1) is 15.4 Å². The Kier molecular flexibility index (Phi) is 7.38. The van der Waals surface area contributed by atoms with E-state index in [0.29, 0.717) is 0 Å². The molecular weight excluding hydrogens is 445 g/mol. The molecule has 0 aliphatic heterocycles. The Morgan fingerprint density at radius 2 is 1.94 bits per heavy atom. The van der Waals surface area contributed by atoms with Crippen LogP contribution >= 0.6 is 0 Å². The monoisotopic (exact) mass is 462 g/mol. The molecule has 0 aliphatic rings. The number of nitrogens with zero attached hydrogens (tertiary/aromatic N) is 2. The molecule has 2 rings (SSSR count). The van der Waals surface area contributed by atoms with Gasteiger partial charge in [0.1, 0.15) is 5.69 Å². The van der Waals surface area contributed by atoms with E-state index < -0.39 is 39.1 Å². The number of hydrogen-bond donors (Lipinski definition) is 2. The van der Waals surface area contributed by atoms with Crippen molar-refractivity contribution in [1.82, 2.24) is 10.3 Å². The minimum atomic E-state index is -4.51. The quantitative estimate of drug-likeness (QED) is 0.328. The van der Waals surface area contributed by atoms with Gasteiger partial charge in [-0.1, -0.05) is 0 Å². The molecule has 1 amide bonds. The van der Waals surface area contributed by atoms with Gasteiger partial charge in [-0.3, -0.25) is 14.9 Å². The smallest absolute Gasteiger partial charge is 0.422 e. The van der Waals surface area contributed by atoms with E-state index in [4.69, 9.17) is 0 Å². The third-order valence-corrected chi connectivity index (χ3v) is 4.81. The maximum atomic E-state index is 12.1. The first-order valence-electron chi connectivity index (χ1n) is 8.53. The van der Waals surface area contributed by atoms with E-state index in [1.165, 1.54) is 18.2 Å². The van der Waals surface area contributed by atoms with Crippen LogP contribution in [0.3, 0.4) is 0 Å². The van der Waals surface area contributed by atoms with Crippen molar-refractivity contribution in [2.24, 2.45) is 0 Å². The number of nitro benzene ring substituents is 1. The summed E-state index contributed by atoms with van der Waals surface area (Å²) in [5.41, 5.74) is -0.296. The summed E-state index contributed by atoms with van der Waals surface area (Å²) in [6.45, 7) is -1.39. The third-order valence-electron chi connectivity index (χ3n) is 3.70. The standard InChI is InChI=1S/C17H17F3N4O6S/c1-31(28,29)12-3-4-13(14(8-12)24(26)27)21-6-7-22-16(25)11-2-5-15(23-9-11)30-10-17(18,19)20/h2-5,8-9,21H,6-7,10H2,1H3,(H,22,25). The lowest BCUT2D eigenvalue weighted by Crippen LogP contribution is -2.29. The average Bonchev–Trinajstić information content (AvgIpc) is 2.68. The molecule has 14 heteroatoms. The van der Waals surface area contributed by atoms with Crippen LogP contribution in [0.4, 0.5) is 24.5 Å². The molecule has 0 atom stereocenters. The fourth-order valence-corrected chi connectivity index (χ4v) is 2.91. The van der Waals surface area contributed by atoms with E-state index in [1.54, 1.807) is 0 Å². The minimum Gasteiger partial charge on any atom is -0.468 e. The first-order chi connectivity index (χ1) is 14.4. The lowest BCUT2D eigenvalue weighted by molar-refractivity contribution is -0.384. The van der Waals surface area contributed by atoms with E-state index in [0.717, 1.165) is 24.6 Å². The zero-order valence-electron chi connectivity index (χ0n) is 16.0. The number of nitrogens with one attached hydrogen (secondary N) is 2. The fourth-order valence-electron chi connectivity index (χ4n) is 2.27. The summed E-state index contributed by atoms with van der Waals surface area (Å²) in [5.74, 6) is -0.862. The van der Waals surface area contributed by atoms with Gasteiger partial charge in [-0.2, -0.15) is 13.2 Å². The van der Waals surface area contributed by atoms with Gasteiger partial charge in [0.2, 0.25) is 5.88 Å². The second kappa shape index (κ2) is 9.59. The Labute approximate surface area is 174 Å². The number of aromatic nitrogens is 1. The molecule has 1 aromatic heterocycles. The molecule has 0 bridgehead atoms. The molecule has 0 radical (unpaired) electrons. The van der Waals surface area contributed by atoms with Gasteiger partial charge in [-0.25, -0.2) is 13.4 Å². The van der Waals surface area contributed by atoms with Crippen molar-refractivity contribution in [2.75, 3.05) is 31.3 Å². The summed E-state index contributed by atoms with van der Waals surface area (Å²) in [7, 11) is -3.62. The summed E-state index contributed by atoms with van der Waals surface area (Å²) in [6.07, 6.45) is -2.54. The second-order valence-corrected chi connectivity index (χ2v) is 8.20. The molecule has 0 aliphatic carbocycles. The normalized spacial score (nSPS) is 11.6. The highest BCUT2D eigenvalue weighted by Crippen LogP contribution is 2.27. The highest BCUT2D eigenvalue weighted by Gasteiger charge is 2.28. The van der Waals surface area contributed by atoms with Crippen LogP contribution in [0, 0.1) is 10.1 Å². The summed E-state index contributed by atoms with van der Waals surface area (Å²) >= 11 is 0. The molecule has 168 valence electrons. The number of ether oxygens (including phenoxy) is 1. The van der Waals surface area contributed by atoms with Gasteiger partial charge in [0, 0.05) is 37.7 Å². The highest BCUT2D eigenvalue weighted by atomic mass is 32.2. The van der Waals surface area contributed by atoms with Crippen molar-refractivity contribution in [3.63, 3.8) is 0 Å².